The second-order valence-corrected chi connectivity index (χ2v) is 7.17. The fraction of sp³-hybridized carbons (Fsp3) is 0.556. The normalized spacial score (nSPS) is 18.4. The first-order valence-corrected chi connectivity index (χ1v) is 9.41. The van der Waals surface area contributed by atoms with Gasteiger partial charge in [-0.2, -0.15) is 0 Å². The van der Waals surface area contributed by atoms with Crippen LogP contribution < -0.4 is 10.2 Å². The molecule has 0 radical (unpaired) electrons. The summed E-state index contributed by atoms with van der Waals surface area (Å²) < 4.78 is 12.9. The summed E-state index contributed by atoms with van der Waals surface area (Å²) in [4.78, 5) is 17.7. The van der Waals surface area contributed by atoms with Crippen LogP contribution in [0, 0.1) is 5.82 Å². The van der Waals surface area contributed by atoms with Crippen molar-refractivity contribution in [1.82, 2.24) is 15.1 Å². The summed E-state index contributed by atoms with van der Waals surface area (Å²) in [5.41, 5.74) is 1.00. The molecule has 2 fully saturated rings. The largest absolute Gasteiger partial charge is 0.358 e. The molecule has 1 aromatic rings. The van der Waals surface area contributed by atoms with Crippen LogP contribution in [0.1, 0.15) is 18.4 Å². The number of halogens is 1. The second kappa shape index (κ2) is 8.58. The van der Waals surface area contributed by atoms with Gasteiger partial charge in [0.15, 0.2) is 11.7 Å². The smallest absolute Gasteiger partial charge is 0.277 e. The van der Waals surface area contributed by atoms with E-state index in [0.29, 0.717) is 13.1 Å². The zero-order chi connectivity index (χ0) is 17.6. The van der Waals surface area contributed by atoms with Gasteiger partial charge >= 0.3 is 0 Å². The van der Waals surface area contributed by atoms with Gasteiger partial charge in [-0.05, 0) is 42.8 Å². The van der Waals surface area contributed by atoms with E-state index in [0.717, 1.165) is 62.8 Å². The maximum atomic E-state index is 12.9. The summed E-state index contributed by atoms with van der Waals surface area (Å²) in [6.07, 6.45) is 2.28. The Balaban J connectivity index is 1.38. The molecule has 136 valence electrons. The molecule has 1 aromatic carbocycles. The van der Waals surface area contributed by atoms with Gasteiger partial charge in [0.25, 0.3) is 5.91 Å². The molecule has 0 bridgehead atoms. The number of benzene rings is 1. The van der Waals surface area contributed by atoms with E-state index in [4.69, 9.17) is 12.2 Å². The van der Waals surface area contributed by atoms with Gasteiger partial charge in [-0.1, -0.05) is 12.1 Å². The van der Waals surface area contributed by atoms with Crippen LogP contribution >= 0.6 is 12.2 Å². The number of hydrogen-bond acceptors (Lipinski definition) is 2. The minimum Gasteiger partial charge on any atom is -0.358 e. The van der Waals surface area contributed by atoms with Crippen molar-refractivity contribution in [3.8, 4) is 0 Å². The van der Waals surface area contributed by atoms with Gasteiger partial charge < -0.3 is 20.0 Å². The van der Waals surface area contributed by atoms with E-state index in [1.54, 1.807) is 12.1 Å². The number of carbonyl (C=O) groups excluding carboxylic acids is 1. The van der Waals surface area contributed by atoms with E-state index < -0.39 is 0 Å². The predicted molar refractivity (Wildman–Crippen MR) is 98.8 cm³/mol. The molecule has 5 nitrogen and oxygen atoms in total. The van der Waals surface area contributed by atoms with Crippen molar-refractivity contribution in [3.63, 3.8) is 0 Å². The highest BCUT2D eigenvalue weighted by Crippen LogP contribution is 2.06. The average molecular weight is 365 g/mol. The quantitative estimate of drug-likeness (QED) is 0.739. The van der Waals surface area contributed by atoms with Crippen LogP contribution in [-0.4, -0.2) is 66.6 Å². The lowest BCUT2D eigenvalue weighted by atomic mass is 10.2. The van der Waals surface area contributed by atoms with Gasteiger partial charge in [0, 0.05) is 19.6 Å². The molecule has 0 aliphatic carbocycles. The molecule has 0 atom stereocenters. The van der Waals surface area contributed by atoms with Gasteiger partial charge in [-0.15, -0.1) is 0 Å². The number of quaternary nitrogens is 1. The SMILES string of the molecule is O=C(C[NH+]1CCN(C(=S)NCc2ccc(F)cc2)CC1)N1CCCC1. The van der Waals surface area contributed by atoms with Crippen molar-refractivity contribution in [2.45, 2.75) is 19.4 Å². The molecule has 0 saturated carbocycles. The standard InChI is InChI=1S/C18H25FN4OS/c19-16-5-3-15(4-6-16)13-20-18(25)23-11-9-21(10-12-23)14-17(24)22-7-1-2-8-22/h3-6H,1-2,7-14H2,(H,20,25)/p+1. The first-order chi connectivity index (χ1) is 12.1. The third kappa shape index (κ3) is 5.12. The Morgan fingerprint density at radius 1 is 1.08 bits per heavy atom. The van der Waals surface area contributed by atoms with Gasteiger partial charge in [0.1, 0.15) is 5.82 Å². The molecule has 2 aliphatic heterocycles. The van der Waals surface area contributed by atoms with Gasteiger partial charge in [-0.25, -0.2) is 4.39 Å². The Morgan fingerprint density at radius 3 is 2.36 bits per heavy atom. The predicted octanol–water partition coefficient (Wildman–Crippen LogP) is 0.0231. The van der Waals surface area contributed by atoms with Gasteiger partial charge in [0.05, 0.1) is 26.2 Å². The lowest BCUT2D eigenvalue weighted by molar-refractivity contribution is -0.896. The minimum absolute atomic E-state index is 0.228. The molecular weight excluding hydrogens is 339 g/mol. The highest BCUT2D eigenvalue weighted by Gasteiger charge is 2.26. The van der Waals surface area contributed by atoms with E-state index in [2.05, 4.69) is 10.2 Å². The molecule has 2 saturated heterocycles. The summed E-state index contributed by atoms with van der Waals surface area (Å²) in [6.45, 7) is 6.63. The van der Waals surface area contributed by atoms with Crippen LogP contribution in [0.5, 0.6) is 0 Å². The number of nitrogens with one attached hydrogen (secondary N) is 2. The zero-order valence-electron chi connectivity index (χ0n) is 14.5. The van der Waals surface area contributed by atoms with Crippen molar-refractivity contribution in [2.24, 2.45) is 0 Å². The van der Waals surface area contributed by atoms with Crippen LogP contribution in [0.15, 0.2) is 24.3 Å². The van der Waals surface area contributed by atoms with Crippen LogP contribution in [0.25, 0.3) is 0 Å². The van der Waals surface area contributed by atoms with Crippen molar-refractivity contribution in [2.75, 3.05) is 45.8 Å². The van der Waals surface area contributed by atoms with Gasteiger partial charge in [-0.3, -0.25) is 4.79 Å². The van der Waals surface area contributed by atoms with E-state index >= 15 is 0 Å². The van der Waals surface area contributed by atoms with Crippen molar-refractivity contribution in [1.29, 1.82) is 0 Å². The monoisotopic (exact) mass is 365 g/mol. The summed E-state index contributed by atoms with van der Waals surface area (Å²) in [5.74, 6) is 0.0619. The number of nitrogens with zero attached hydrogens (tertiary/aromatic N) is 2. The average Bonchev–Trinajstić information content (AvgIpc) is 3.16. The summed E-state index contributed by atoms with van der Waals surface area (Å²) in [7, 11) is 0. The molecule has 0 spiro atoms. The maximum absolute atomic E-state index is 12.9. The number of piperazine rings is 1. The Labute approximate surface area is 153 Å². The molecule has 2 aliphatic rings. The number of carbonyl (C=O) groups is 1. The Kier molecular flexibility index (Phi) is 6.20. The van der Waals surface area contributed by atoms with E-state index in [1.807, 2.05) is 4.90 Å². The fourth-order valence-electron chi connectivity index (χ4n) is 3.39. The summed E-state index contributed by atoms with van der Waals surface area (Å²) >= 11 is 5.47. The molecule has 2 heterocycles. The lowest BCUT2D eigenvalue weighted by Crippen LogP contribution is -3.15. The van der Waals surface area contributed by atoms with Crippen molar-refractivity contribution in [3.05, 3.63) is 35.6 Å². The second-order valence-electron chi connectivity index (χ2n) is 6.79. The van der Waals surface area contributed by atoms with E-state index in [-0.39, 0.29) is 11.7 Å². The highest BCUT2D eigenvalue weighted by atomic mass is 32.1. The number of rotatable bonds is 4. The highest BCUT2D eigenvalue weighted by molar-refractivity contribution is 7.80. The molecule has 2 N–H and O–H groups in total. The third-order valence-electron chi connectivity index (χ3n) is 4.97. The van der Waals surface area contributed by atoms with Crippen LogP contribution in [0.2, 0.25) is 0 Å². The molecule has 1 amide bonds. The lowest BCUT2D eigenvalue weighted by Gasteiger charge is -2.34. The number of thiocarbonyl (C=S) groups is 1. The molecule has 0 aromatic heterocycles. The Bertz CT molecular complexity index is 596. The van der Waals surface area contributed by atoms with E-state index in [9.17, 15) is 9.18 Å². The molecular formula is C18H26FN4OS+. The van der Waals surface area contributed by atoms with Crippen molar-refractivity contribution < 1.29 is 14.1 Å². The number of amides is 1. The number of likely N-dealkylation sites (tertiary alicyclic amines) is 1. The van der Waals surface area contributed by atoms with Gasteiger partial charge in [0.2, 0.25) is 0 Å². The maximum Gasteiger partial charge on any atom is 0.277 e. The molecule has 25 heavy (non-hydrogen) atoms. The van der Waals surface area contributed by atoms with Crippen LogP contribution in [0.4, 0.5) is 4.39 Å². The van der Waals surface area contributed by atoms with Crippen LogP contribution in [0.3, 0.4) is 0 Å². The molecule has 3 rings (SSSR count). The first kappa shape index (κ1) is 18.1. The summed E-state index contributed by atoms with van der Waals surface area (Å²) in [5, 5.41) is 3.97. The first-order valence-electron chi connectivity index (χ1n) is 9.00. The third-order valence-corrected chi connectivity index (χ3v) is 5.38. The zero-order valence-corrected chi connectivity index (χ0v) is 15.3. The molecule has 0 unspecified atom stereocenters. The minimum atomic E-state index is -0.228. The number of hydrogen-bond donors (Lipinski definition) is 2. The van der Waals surface area contributed by atoms with Crippen LogP contribution in [-0.2, 0) is 11.3 Å². The molecule has 7 heteroatoms. The Morgan fingerprint density at radius 2 is 1.72 bits per heavy atom. The summed E-state index contributed by atoms with van der Waals surface area (Å²) in [6, 6.07) is 6.44. The Hall–Kier alpha value is -1.73. The van der Waals surface area contributed by atoms with Crippen molar-refractivity contribution >= 4 is 23.2 Å². The van der Waals surface area contributed by atoms with E-state index in [1.165, 1.54) is 17.0 Å². The topological polar surface area (TPSA) is 40.0 Å². The fourth-order valence-corrected chi connectivity index (χ4v) is 3.64.